The van der Waals surface area contributed by atoms with E-state index in [1.807, 2.05) is 6.92 Å². The third-order valence-corrected chi connectivity index (χ3v) is 5.12. The average Bonchev–Trinajstić information content (AvgIpc) is 2.85. The van der Waals surface area contributed by atoms with Crippen LogP contribution in [0.25, 0.3) is 0 Å². The maximum Gasteiger partial charge on any atom is 0.323 e. The molecule has 0 saturated carbocycles. The Morgan fingerprint density at radius 1 is 1.22 bits per heavy atom. The van der Waals surface area contributed by atoms with Gasteiger partial charge < -0.3 is 14.9 Å². The monoisotopic (exact) mass is 378 g/mol. The summed E-state index contributed by atoms with van der Waals surface area (Å²) in [5, 5.41) is 9.02. The van der Waals surface area contributed by atoms with Crippen molar-refractivity contribution >= 4 is 17.8 Å². The molecule has 1 aliphatic heterocycles. The number of halogens is 1. The highest BCUT2D eigenvalue weighted by Gasteiger charge is 2.28. The van der Waals surface area contributed by atoms with Gasteiger partial charge in [-0.2, -0.15) is 0 Å². The van der Waals surface area contributed by atoms with Crippen LogP contribution < -0.4 is 0 Å². The molecule has 1 N–H and O–H groups in total. The highest BCUT2D eigenvalue weighted by atomic mass is 19.1. The number of carboxylic acids is 1. The largest absolute Gasteiger partial charge is 0.480 e. The van der Waals surface area contributed by atoms with Crippen LogP contribution in [0.3, 0.4) is 0 Å². The predicted molar refractivity (Wildman–Crippen MR) is 98.7 cm³/mol. The molecule has 1 aromatic carbocycles. The quantitative estimate of drug-likeness (QED) is 0.825. The van der Waals surface area contributed by atoms with E-state index in [2.05, 4.69) is 0 Å². The third kappa shape index (κ3) is 6.05. The number of rotatable bonds is 6. The maximum absolute atomic E-state index is 13.0. The van der Waals surface area contributed by atoms with Crippen molar-refractivity contribution in [1.29, 1.82) is 0 Å². The van der Waals surface area contributed by atoms with Crippen LogP contribution in [0, 0.1) is 5.82 Å². The van der Waals surface area contributed by atoms with Crippen LogP contribution in [0.1, 0.15) is 51.0 Å². The fourth-order valence-electron chi connectivity index (χ4n) is 3.58. The molecule has 0 bridgehead atoms. The Hall–Kier alpha value is -2.44. The van der Waals surface area contributed by atoms with Crippen molar-refractivity contribution in [3.05, 3.63) is 35.6 Å². The number of carbonyl (C=O) groups excluding carboxylic acids is 2. The summed E-state index contributed by atoms with van der Waals surface area (Å²) in [7, 11) is 0. The van der Waals surface area contributed by atoms with E-state index < -0.39 is 5.97 Å². The van der Waals surface area contributed by atoms with E-state index in [9.17, 15) is 18.8 Å². The average molecular weight is 378 g/mol. The van der Waals surface area contributed by atoms with E-state index in [4.69, 9.17) is 5.11 Å². The van der Waals surface area contributed by atoms with E-state index in [0.29, 0.717) is 32.4 Å². The van der Waals surface area contributed by atoms with E-state index in [1.165, 1.54) is 24.0 Å². The molecule has 0 aliphatic carbocycles. The first kappa shape index (κ1) is 20.9. The van der Waals surface area contributed by atoms with Gasteiger partial charge in [-0.15, -0.1) is 0 Å². The number of carboxylic acid groups (broad SMARTS) is 1. The Morgan fingerprint density at radius 2 is 1.89 bits per heavy atom. The summed E-state index contributed by atoms with van der Waals surface area (Å²) in [4.78, 5) is 38.6. The number of benzene rings is 1. The zero-order valence-corrected chi connectivity index (χ0v) is 15.9. The summed E-state index contributed by atoms with van der Waals surface area (Å²) in [6.45, 7) is 4.11. The van der Waals surface area contributed by atoms with Gasteiger partial charge in [0, 0.05) is 32.5 Å². The van der Waals surface area contributed by atoms with E-state index in [-0.39, 0.29) is 36.1 Å². The third-order valence-electron chi connectivity index (χ3n) is 5.12. The van der Waals surface area contributed by atoms with Gasteiger partial charge in [-0.25, -0.2) is 4.39 Å². The molecule has 1 aliphatic rings. The minimum atomic E-state index is -1.03. The second-order valence-corrected chi connectivity index (χ2v) is 7.16. The molecule has 2 amide bonds. The Labute approximate surface area is 158 Å². The summed E-state index contributed by atoms with van der Waals surface area (Å²) in [6, 6.07) is 6.02. The minimum absolute atomic E-state index is 0.0159. The van der Waals surface area contributed by atoms with Crippen molar-refractivity contribution in [2.24, 2.45) is 0 Å². The summed E-state index contributed by atoms with van der Waals surface area (Å²) in [6.07, 6.45) is 2.32. The fourth-order valence-corrected chi connectivity index (χ4v) is 3.58. The second-order valence-electron chi connectivity index (χ2n) is 7.16. The van der Waals surface area contributed by atoms with Crippen LogP contribution in [0.2, 0.25) is 0 Å². The molecule has 1 aromatic rings. The summed E-state index contributed by atoms with van der Waals surface area (Å²) in [5.41, 5.74) is 0.918. The van der Waals surface area contributed by atoms with Gasteiger partial charge in [0.2, 0.25) is 11.8 Å². The van der Waals surface area contributed by atoms with Crippen LogP contribution in [-0.4, -0.2) is 58.4 Å². The lowest BCUT2D eigenvalue weighted by atomic mass is 9.97. The van der Waals surface area contributed by atoms with E-state index >= 15 is 0 Å². The highest BCUT2D eigenvalue weighted by molar-refractivity contribution is 5.80. The minimum Gasteiger partial charge on any atom is -0.480 e. The van der Waals surface area contributed by atoms with E-state index in [1.54, 1.807) is 17.0 Å². The Bertz CT molecular complexity index is 677. The number of hydrogen-bond donors (Lipinski definition) is 1. The number of likely N-dealkylation sites (tertiary alicyclic amines) is 1. The second kappa shape index (κ2) is 9.48. The van der Waals surface area contributed by atoms with Crippen molar-refractivity contribution in [3.63, 3.8) is 0 Å². The van der Waals surface area contributed by atoms with Gasteiger partial charge in [-0.05, 0) is 42.9 Å². The first-order chi connectivity index (χ1) is 12.8. The van der Waals surface area contributed by atoms with Crippen molar-refractivity contribution in [3.8, 4) is 0 Å². The van der Waals surface area contributed by atoms with Gasteiger partial charge in [-0.1, -0.05) is 19.1 Å². The topological polar surface area (TPSA) is 77.9 Å². The molecular formula is C20H27FN2O4. The number of nitrogens with zero attached hydrogens (tertiary/aromatic N) is 2. The number of aliphatic carboxylic acids is 1. The molecule has 0 spiro atoms. The smallest absolute Gasteiger partial charge is 0.323 e. The lowest BCUT2D eigenvalue weighted by molar-refractivity contribution is -0.145. The van der Waals surface area contributed by atoms with Crippen LogP contribution in [0.5, 0.6) is 0 Å². The van der Waals surface area contributed by atoms with Crippen LogP contribution in [-0.2, 0) is 14.4 Å². The molecule has 2 rings (SSSR count). The lowest BCUT2D eigenvalue weighted by Gasteiger charge is -2.29. The molecule has 2 unspecified atom stereocenters. The fraction of sp³-hybridized carbons (Fsp3) is 0.550. The number of amides is 2. The van der Waals surface area contributed by atoms with Gasteiger partial charge in [0.1, 0.15) is 12.4 Å². The molecule has 7 heteroatoms. The maximum atomic E-state index is 13.0. The molecule has 0 radical (unpaired) electrons. The first-order valence-corrected chi connectivity index (χ1v) is 9.30. The van der Waals surface area contributed by atoms with Crippen LogP contribution in [0.4, 0.5) is 4.39 Å². The Morgan fingerprint density at radius 3 is 2.48 bits per heavy atom. The molecular weight excluding hydrogens is 351 g/mol. The predicted octanol–water partition coefficient (Wildman–Crippen LogP) is 2.63. The lowest BCUT2D eigenvalue weighted by Crippen LogP contribution is -2.43. The zero-order chi connectivity index (χ0) is 20.0. The molecule has 27 heavy (non-hydrogen) atoms. The molecule has 1 heterocycles. The van der Waals surface area contributed by atoms with Crippen LogP contribution >= 0.6 is 0 Å². The SMILES string of the molecule is CC(=O)N(CC(=O)O)C1CCCN(C(=O)CC(C)c2ccc(F)cc2)CC1. The summed E-state index contributed by atoms with van der Waals surface area (Å²) < 4.78 is 13.0. The van der Waals surface area contributed by atoms with Gasteiger partial charge in [0.25, 0.3) is 0 Å². The molecule has 1 fully saturated rings. The van der Waals surface area contributed by atoms with Gasteiger partial charge >= 0.3 is 5.97 Å². The number of hydrogen-bond acceptors (Lipinski definition) is 3. The zero-order valence-electron chi connectivity index (χ0n) is 15.9. The number of carbonyl (C=O) groups is 3. The van der Waals surface area contributed by atoms with Crippen LogP contribution in [0.15, 0.2) is 24.3 Å². The van der Waals surface area contributed by atoms with E-state index in [0.717, 1.165) is 12.0 Å². The van der Waals surface area contributed by atoms with Crippen molar-refractivity contribution in [2.75, 3.05) is 19.6 Å². The molecule has 0 aromatic heterocycles. The normalized spacial score (nSPS) is 18.5. The van der Waals surface area contributed by atoms with Gasteiger partial charge in [0.05, 0.1) is 0 Å². The summed E-state index contributed by atoms with van der Waals surface area (Å²) >= 11 is 0. The molecule has 1 saturated heterocycles. The summed E-state index contributed by atoms with van der Waals surface area (Å²) in [5.74, 6) is -1.58. The van der Waals surface area contributed by atoms with Gasteiger partial charge in [0.15, 0.2) is 0 Å². The standard InChI is InChI=1S/C20H27FN2O4/c1-14(16-5-7-17(21)8-6-16)12-19(25)22-10-3-4-18(9-11-22)23(15(2)24)13-20(26)27/h5-8,14,18H,3-4,9-13H2,1-2H3,(H,26,27). The van der Waals surface area contributed by atoms with Crippen molar-refractivity contribution < 1.29 is 23.9 Å². The van der Waals surface area contributed by atoms with Crippen molar-refractivity contribution in [2.45, 2.75) is 51.5 Å². The highest BCUT2D eigenvalue weighted by Crippen LogP contribution is 2.23. The Balaban J connectivity index is 1.94. The van der Waals surface area contributed by atoms with Gasteiger partial charge in [-0.3, -0.25) is 14.4 Å². The Kier molecular flexibility index (Phi) is 7.33. The molecule has 2 atom stereocenters. The molecule has 148 valence electrons. The van der Waals surface area contributed by atoms with Crippen molar-refractivity contribution in [1.82, 2.24) is 9.80 Å². The first-order valence-electron chi connectivity index (χ1n) is 9.30. The molecule has 6 nitrogen and oxygen atoms in total.